The molecule has 2 atom stereocenters. The van der Waals surface area contributed by atoms with Crippen LogP contribution in [0.15, 0.2) is 0 Å². The normalized spacial score (nSPS) is 12.9. The van der Waals surface area contributed by atoms with Crippen molar-refractivity contribution in [3.8, 4) is 0 Å². The average Bonchev–Trinajstić information content (AvgIpc) is 2.48. The molecular weight excluding hydrogens is 312 g/mol. The number of hydrogen-bond acceptors (Lipinski definition) is 6. The van der Waals surface area contributed by atoms with Gasteiger partial charge in [-0.05, 0) is 25.4 Å². The molecule has 10 heteroatoms. The molecular formula is C12H22N4O5S. The third kappa shape index (κ3) is 8.47. The lowest BCUT2D eigenvalue weighted by atomic mass is 10.2. The fourth-order valence-electron chi connectivity index (χ4n) is 1.40. The van der Waals surface area contributed by atoms with E-state index in [-0.39, 0.29) is 13.1 Å². The Morgan fingerprint density at radius 1 is 1.18 bits per heavy atom. The molecule has 0 saturated heterocycles. The van der Waals surface area contributed by atoms with E-state index in [0.29, 0.717) is 12.2 Å². The number of nitrogens with one attached hydrogen (secondary N) is 3. The van der Waals surface area contributed by atoms with Crippen LogP contribution < -0.4 is 21.7 Å². The van der Waals surface area contributed by atoms with Crippen molar-refractivity contribution in [2.75, 3.05) is 25.1 Å². The Kier molecular flexibility index (Phi) is 9.96. The van der Waals surface area contributed by atoms with Crippen molar-refractivity contribution in [1.29, 1.82) is 0 Å². The topological polar surface area (TPSA) is 151 Å². The van der Waals surface area contributed by atoms with Crippen LogP contribution in [0.4, 0.5) is 0 Å². The Bertz CT molecular complexity index is 418. The fraction of sp³-hybridized carbons (Fsp3) is 0.667. The first-order valence-corrected chi connectivity index (χ1v) is 7.99. The number of thioether (sulfide) groups is 1. The number of rotatable bonds is 10. The van der Waals surface area contributed by atoms with Crippen LogP contribution in [-0.4, -0.2) is 66.0 Å². The summed E-state index contributed by atoms with van der Waals surface area (Å²) in [6.45, 7) is 0.704. The Morgan fingerprint density at radius 3 is 2.32 bits per heavy atom. The number of carboxylic acids is 1. The van der Waals surface area contributed by atoms with Crippen LogP contribution in [0.3, 0.4) is 0 Å². The number of amides is 3. The van der Waals surface area contributed by atoms with E-state index in [9.17, 15) is 19.2 Å². The van der Waals surface area contributed by atoms with Crippen molar-refractivity contribution in [2.24, 2.45) is 5.73 Å². The average molecular weight is 334 g/mol. The van der Waals surface area contributed by atoms with Gasteiger partial charge in [0, 0.05) is 0 Å². The zero-order valence-corrected chi connectivity index (χ0v) is 13.4. The Morgan fingerprint density at radius 2 is 1.82 bits per heavy atom. The molecule has 0 bridgehead atoms. The van der Waals surface area contributed by atoms with E-state index in [1.54, 1.807) is 0 Å². The summed E-state index contributed by atoms with van der Waals surface area (Å²) in [6.07, 6.45) is 2.26. The summed E-state index contributed by atoms with van der Waals surface area (Å²) in [5, 5.41) is 15.7. The van der Waals surface area contributed by atoms with Crippen molar-refractivity contribution in [1.82, 2.24) is 16.0 Å². The maximum atomic E-state index is 12.0. The summed E-state index contributed by atoms with van der Waals surface area (Å²) in [6, 6.07) is -1.83. The zero-order chi connectivity index (χ0) is 17.1. The first kappa shape index (κ1) is 20.2. The Labute approximate surface area is 132 Å². The van der Waals surface area contributed by atoms with Gasteiger partial charge in [0.15, 0.2) is 0 Å². The highest BCUT2D eigenvalue weighted by atomic mass is 32.2. The van der Waals surface area contributed by atoms with Gasteiger partial charge < -0.3 is 26.8 Å². The first-order chi connectivity index (χ1) is 10.3. The summed E-state index contributed by atoms with van der Waals surface area (Å²) in [5.74, 6) is -2.14. The molecule has 2 unspecified atom stereocenters. The van der Waals surface area contributed by atoms with Crippen LogP contribution in [-0.2, 0) is 19.2 Å². The molecule has 0 aromatic heterocycles. The molecule has 6 N–H and O–H groups in total. The molecule has 0 aromatic rings. The minimum absolute atomic E-state index is 0.236. The first-order valence-electron chi connectivity index (χ1n) is 6.60. The van der Waals surface area contributed by atoms with Gasteiger partial charge in [-0.15, -0.1) is 0 Å². The molecule has 0 spiro atoms. The number of carbonyl (C=O) groups excluding carboxylic acids is 3. The van der Waals surface area contributed by atoms with E-state index < -0.39 is 35.8 Å². The second kappa shape index (κ2) is 10.9. The van der Waals surface area contributed by atoms with Gasteiger partial charge in [0.2, 0.25) is 17.7 Å². The number of aliphatic carboxylic acids is 1. The molecule has 3 amide bonds. The molecule has 22 heavy (non-hydrogen) atoms. The summed E-state index contributed by atoms with van der Waals surface area (Å²) in [7, 11) is 0. The molecule has 0 saturated carbocycles. The third-order valence-electron chi connectivity index (χ3n) is 2.62. The lowest BCUT2D eigenvalue weighted by Gasteiger charge is -2.18. The fourth-order valence-corrected chi connectivity index (χ4v) is 1.87. The molecule has 0 aromatic carbocycles. The Balaban J connectivity index is 4.39. The Hall–Kier alpha value is -1.81. The van der Waals surface area contributed by atoms with E-state index in [0.717, 1.165) is 0 Å². The van der Waals surface area contributed by atoms with Crippen LogP contribution in [0.1, 0.15) is 13.3 Å². The van der Waals surface area contributed by atoms with Gasteiger partial charge in [-0.3, -0.25) is 19.2 Å². The zero-order valence-electron chi connectivity index (χ0n) is 12.5. The van der Waals surface area contributed by atoms with Crippen LogP contribution in [0.25, 0.3) is 0 Å². The van der Waals surface area contributed by atoms with Crippen LogP contribution in [0.5, 0.6) is 0 Å². The van der Waals surface area contributed by atoms with E-state index in [2.05, 4.69) is 16.0 Å². The predicted molar refractivity (Wildman–Crippen MR) is 82.2 cm³/mol. The smallest absolute Gasteiger partial charge is 0.325 e. The van der Waals surface area contributed by atoms with Crippen molar-refractivity contribution >= 4 is 35.5 Å². The predicted octanol–water partition coefficient (Wildman–Crippen LogP) is -2.11. The van der Waals surface area contributed by atoms with E-state index in [4.69, 9.17) is 10.8 Å². The van der Waals surface area contributed by atoms with Crippen molar-refractivity contribution in [3.63, 3.8) is 0 Å². The van der Waals surface area contributed by atoms with Crippen molar-refractivity contribution in [3.05, 3.63) is 0 Å². The summed E-state index contributed by atoms with van der Waals surface area (Å²) in [4.78, 5) is 45.3. The second-order valence-electron chi connectivity index (χ2n) is 4.45. The molecule has 126 valence electrons. The monoisotopic (exact) mass is 334 g/mol. The van der Waals surface area contributed by atoms with Crippen LogP contribution in [0.2, 0.25) is 0 Å². The third-order valence-corrected chi connectivity index (χ3v) is 3.26. The van der Waals surface area contributed by atoms with Crippen molar-refractivity contribution < 1.29 is 24.3 Å². The number of carboxylic acid groups (broad SMARTS) is 1. The van der Waals surface area contributed by atoms with E-state index >= 15 is 0 Å². The molecule has 0 radical (unpaired) electrons. The van der Waals surface area contributed by atoms with Crippen LogP contribution >= 0.6 is 11.8 Å². The lowest BCUT2D eigenvalue weighted by molar-refractivity contribution is -0.141. The standard InChI is InChI=1S/C12H22N4O5S/c1-7(12(20)21)15-10(18)6-14-11(19)8(3-4-22-2)16-9(17)5-13/h7-8H,3-6,13H2,1-2H3,(H,14,19)(H,15,18)(H,16,17)(H,20,21). The van der Waals surface area contributed by atoms with Gasteiger partial charge in [0.25, 0.3) is 0 Å². The number of hydrogen-bond donors (Lipinski definition) is 5. The van der Waals surface area contributed by atoms with E-state index in [1.807, 2.05) is 6.26 Å². The molecule has 9 nitrogen and oxygen atoms in total. The highest BCUT2D eigenvalue weighted by Crippen LogP contribution is 2.01. The summed E-state index contributed by atoms with van der Waals surface area (Å²) in [5.41, 5.74) is 5.19. The maximum Gasteiger partial charge on any atom is 0.325 e. The molecule has 0 aliphatic heterocycles. The maximum absolute atomic E-state index is 12.0. The second-order valence-corrected chi connectivity index (χ2v) is 5.44. The van der Waals surface area contributed by atoms with Crippen LogP contribution in [0, 0.1) is 0 Å². The minimum atomic E-state index is -1.17. The molecule has 0 rings (SSSR count). The molecule has 0 fully saturated rings. The van der Waals surface area contributed by atoms with Gasteiger partial charge in [-0.2, -0.15) is 11.8 Å². The van der Waals surface area contributed by atoms with Crippen molar-refractivity contribution in [2.45, 2.75) is 25.4 Å². The lowest BCUT2D eigenvalue weighted by Crippen LogP contribution is -2.51. The highest BCUT2D eigenvalue weighted by molar-refractivity contribution is 7.98. The number of carbonyl (C=O) groups is 4. The number of nitrogens with two attached hydrogens (primary N) is 1. The van der Waals surface area contributed by atoms with Gasteiger partial charge in [0.1, 0.15) is 12.1 Å². The van der Waals surface area contributed by atoms with Gasteiger partial charge in [0.05, 0.1) is 13.1 Å². The SMILES string of the molecule is CSCCC(NC(=O)CN)C(=O)NCC(=O)NC(C)C(=O)O. The largest absolute Gasteiger partial charge is 0.480 e. The molecule has 0 aliphatic carbocycles. The van der Waals surface area contributed by atoms with E-state index in [1.165, 1.54) is 18.7 Å². The summed E-state index contributed by atoms with van der Waals surface area (Å²) < 4.78 is 0. The van der Waals surface area contributed by atoms with Gasteiger partial charge in [-0.25, -0.2) is 0 Å². The quantitative estimate of drug-likeness (QED) is 0.307. The van der Waals surface area contributed by atoms with Gasteiger partial charge in [-0.1, -0.05) is 0 Å². The summed E-state index contributed by atoms with van der Waals surface area (Å²) >= 11 is 1.51. The highest BCUT2D eigenvalue weighted by Gasteiger charge is 2.21. The molecule has 0 heterocycles. The molecule has 0 aliphatic rings. The minimum Gasteiger partial charge on any atom is -0.480 e. The van der Waals surface area contributed by atoms with Gasteiger partial charge >= 0.3 is 5.97 Å².